The van der Waals surface area contributed by atoms with Gasteiger partial charge >= 0.3 is 0 Å². The first-order chi connectivity index (χ1) is 5.22. The van der Waals surface area contributed by atoms with E-state index in [2.05, 4.69) is 22.5 Å². The second-order valence-electron chi connectivity index (χ2n) is 2.27. The van der Waals surface area contributed by atoms with Crippen LogP contribution in [0.5, 0.6) is 0 Å². The summed E-state index contributed by atoms with van der Waals surface area (Å²) in [5, 5.41) is 0.760. The van der Waals surface area contributed by atoms with Crippen LogP contribution in [0.25, 0.3) is 0 Å². The topological polar surface area (TPSA) is 0 Å². The summed E-state index contributed by atoms with van der Waals surface area (Å²) in [6.45, 7) is 3.66. The van der Waals surface area contributed by atoms with E-state index in [0.29, 0.717) is 0 Å². The Labute approximate surface area is 80.0 Å². The molecule has 58 valence electrons. The first-order valence-electron chi connectivity index (χ1n) is 3.28. The largest absolute Gasteiger partial charge is 0.103 e. The summed E-state index contributed by atoms with van der Waals surface area (Å²) < 4.78 is 1.02. The van der Waals surface area contributed by atoms with Gasteiger partial charge in [0.05, 0.1) is 0 Å². The number of benzene rings is 1. The fourth-order valence-corrected chi connectivity index (χ4v) is 1.83. The van der Waals surface area contributed by atoms with Crippen LogP contribution < -0.4 is 0 Å². The van der Waals surface area contributed by atoms with Crippen LogP contribution in [0.15, 0.2) is 35.3 Å². The van der Waals surface area contributed by atoms with Gasteiger partial charge in [-0.15, -0.1) is 6.58 Å². The van der Waals surface area contributed by atoms with Gasteiger partial charge in [0, 0.05) is 9.50 Å². The fourth-order valence-electron chi connectivity index (χ4n) is 0.895. The van der Waals surface area contributed by atoms with Gasteiger partial charge in [0.2, 0.25) is 0 Å². The highest BCUT2D eigenvalue weighted by atomic mass is 79.9. The molecule has 0 aromatic heterocycles. The maximum atomic E-state index is 5.82. The van der Waals surface area contributed by atoms with Gasteiger partial charge in [-0.25, -0.2) is 0 Å². The molecule has 1 aromatic carbocycles. The van der Waals surface area contributed by atoms with Crippen LogP contribution in [0.1, 0.15) is 5.56 Å². The molecule has 0 aliphatic heterocycles. The first kappa shape index (κ1) is 8.82. The van der Waals surface area contributed by atoms with Crippen LogP contribution in [-0.4, -0.2) is 0 Å². The molecule has 0 unspecified atom stereocenters. The summed E-state index contributed by atoms with van der Waals surface area (Å²) in [6.07, 6.45) is 2.72. The molecule has 11 heavy (non-hydrogen) atoms. The number of hydrogen-bond donors (Lipinski definition) is 0. The molecule has 0 saturated heterocycles. The number of halogens is 2. The highest BCUT2D eigenvalue weighted by molar-refractivity contribution is 9.10. The Balaban J connectivity index is 2.98. The lowest BCUT2D eigenvalue weighted by Crippen LogP contribution is -1.80. The molecule has 1 rings (SSSR count). The van der Waals surface area contributed by atoms with Crippen molar-refractivity contribution in [1.29, 1.82) is 0 Å². The summed E-state index contributed by atoms with van der Waals surface area (Å²) in [6, 6.07) is 5.84. The lowest BCUT2D eigenvalue weighted by atomic mass is 10.1. The average Bonchev–Trinajstić information content (AvgIpc) is 1.85. The molecule has 0 N–H and O–H groups in total. The van der Waals surface area contributed by atoms with E-state index in [1.54, 1.807) is 0 Å². The minimum absolute atomic E-state index is 0.760. The molecule has 0 saturated carbocycles. The third-order valence-electron chi connectivity index (χ3n) is 1.30. The second kappa shape index (κ2) is 3.93. The predicted octanol–water partition coefficient (Wildman–Crippen LogP) is 3.83. The fraction of sp³-hybridized carbons (Fsp3) is 0.111. The van der Waals surface area contributed by atoms with Crippen LogP contribution in [0.3, 0.4) is 0 Å². The van der Waals surface area contributed by atoms with Crippen LogP contribution in [0, 0.1) is 0 Å². The van der Waals surface area contributed by atoms with Crippen LogP contribution in [0.2, 0.25) is 5.02 Å². The molecule has 0 spiro atoms. The van der Waals surface area contributed by atoms with Gasteiger partial charge in [0.1, 0.15) is 0 Å². The zero-order valence-corrected chi connectivity index (χ0v) is 8.32. The standard InChI is InChI=1S/C9H8BrCl/c1-2-3-7-4-8(10)6-9(11)5-7/h2,4-6H,1,3H2. The SMILES string of the molecule is C=CCc1cc(Cl)cc(Br)c1. The third-order valence-corrected chi connectivity index (χ3v) is 1.98. The first-order valence-corrected chi connectivity index (χ1v) is 4.45. The summed E-state index contributed by atoms with van der Waals surface area (Å²) in [7, 11) is 0. The van der Waals surface area contributed by atoms with Crippen molar-refractivity contribution >= 4 is 27.5 Å². The molecule has 0 aliphatic carbocycles. The maximum absolute atomic E-state index is 5.82. The lowest BCUT2D eigenvalue weighted by Gasteiger charge is -1.98. The average molecular weight is 232 g/mol. The molecule has 0 radical (unpaired) electrons. The third kappa shape index (κ3) is 2.68. The molecule has 0 aliphatic rings. The second-order valence-corrected chi connectivity index (χ2v) is 3.62. The molecular formula is C9H8BrCl. The van der Waals surface area contributed by atoms with Crippen molar-refractivity contribution in [3.05, 3.63) is 45.9 Å². The van der Waals surface area contributed by atoms with E-state index >= 15 is 0 Å². The van der Waals surface area contributed by atoms with E-state index in [-0.39, 0.29) is 0 Å². The zero-order chi connectivity index (χ0) is 8.27. The Morgan fingerprint density at radius 1 is 1.45 bits per heavy atom. The van der Waals surface area contributed by atoms with Gasteiger partial charge in [-0.1, -0.05) is 33.6 Å². The molecule has 0 amide bonds. The molecule has 0 atom stereocenters. The van der Waals surface area contributed by atoms with Crippen molar-refractivity contribution in [2.75, 3.05) is 0 Å². The van der Waals surface area contributed by atoms with Crippen LogP contribution in [0.4, 0.5) is 0 Å². The zero-order valence-electron chi connectivity index (χ0n) is 5.98. The van der Waals surface area contributed by atoms with E-state index in [9.17, 15) is 0 Å². The molecule has 1 aromatic rings. The van der Waals surface area contributed by atoms with Crippen molar-refractivity contribution in [2.24, 2.45) is 0 Å². The highest BCUT2D eigenvalue weighted by Crippen LogP contribution is 2.19. The number of allylic oxidation sites excluding steroid dienone is 1. The summed E-state index contributed by atoms with van der Waals surface area (Å²) in [5.41, 5.74) is 1.18. The summed E-state index contributed by atoms with van der Waals surface area (Å²) in [4.78, 5) is 0. The van der Waals surface area contributed by atoms with Gasteiger partial charge in [-0.2, -0.15) is 0 Å². The van der Waals surface area contributed by atoms with Crippen molar-refractivity contribution in [3.63, 3.8) is 0 Å². The van der Waals surface area contributed by atoms with E-state index in [1.807, 2.05) is 24.3 Å². The van der Waals surface area contributed by atoms with E-state index in [0.717, 1.165) is 15.9 Å². The minimum Gasteiger partial charge on any atom is -0.103 e. The Morgan fingerprint density at radius 2 is 2.18 bits per heavy atom. The Kier molecular flexibility index (Phi) is 3.16. The van der Waals surface area contributed by atoms with Gasteiger partial charge in [-0.3, -0.25) is 0 Å². The van der Waals surface area contributed by atoms with Crippen molar-refractivity contribution in [2.45, 2.75) is 6.42 Å². The Hall–Kier alpha value is -0.270. The number of hydrogen-bond acceptors (Lipinski definition) is 0. The monoisotopic (exact) mass is 230 g/mol. The quantitative estimate of drug-likeness (QED) is 0.679. The molecule has 0 fully saturated rings. The van der Waals surface area contributed by atoms with E-state index in [4.69, 9.17) is 11.6 Å². The summed E-state index contributed by atoms with van der Waals surface area (Å²) >= 11 is 9.19. The lowest BCUT2D eigenvalue weighted by molar-refractivity contribution is 1.27. The number of rotatable bonds is 2. The van der Waals surface area contributed by atoms with Crippen LogP contribution >= 0.6 is 27.5 Å². The molecule has 0 nitrogen and oxygen atoms in total. The van der Waals surface area contributed by atoms with Gasteiger partial charge < -0.3 is 0 Å². The van der Waals surface area contributed by atoms with Gasteiger partial charge in [-0.05, 0) is 30.2 Å². The Morgan fingerprint density at radius 3 is 2.73 bits per heavy atom. The van der Waals surface area contributed by atoms with Gasteiger partial charge in [0.25, 0.3) is 0 Å². The van der Waals surface area contributed by atoms with E-state index in [1.165, 1.54) is 5.56 Å². The maximum Gasteiger partial charge on any atom is 0.0420 e. The normalized spacial score (nSPS) is 9.64. The van der Waals surface area contributed by atoms with E-state index < -0.39 is 0 Å². The van der Waals surface area contributed by atoms with Crippen LogP contribution in [-0.2, 0) is 6.42 Å². The predicted molar refractivity (Wildman–Crippen MR) is 53.1 cm³/mol. The molecule has 0 heterocycles. The Bertz CT molecular complexity index is 248. The van der Waals surface area contributed by atoms with Gasteiger partial charge in [0.15, 0.2) is 0 Å². The smallest absolute Gasteiger partial charge is 0.0420 e. The molecular weight excluding hydrogens is 223 g/mol. The molecule has 2 heteroatoms. The highest BCUT2D eigenvalue weighted by Gasteiger charge is 1.94. The summed E-state index contributed by atoms with van der Waals surface area (Å²) in [5.74, 6) is 0. The minimum atomic E-state index is 0.760. The van der Waals surface area contributed by atoms with Crippen molar-refractivity contribution < 1.29 is 0 Å². The molecule has 0 bridgehead atoms. The van der Waals surface area contributed by atoms with Crippen molar-refractivity contribution in [3.8, 4) is 0 Å². The van der Waals surface area contributed by atoms with Crippen molar-refractivity contribution in [1.82, 2.24) is 0 Å².